The molecule has 0 saturated heterocycles. The maximum absolute atomic E-state index is 3.57. The van der Waals surface area contributed by atoms with Gasteiger partial charge in [-0.1, -0.05) is 101 Å². The second-order valence-corrected chi connectivity index (χ2v) is 8.92. The normalized spacial score (nSPS) is 11.3. The molecule has 2 heteroatoms. The second-order valence-electron chi connectivity index (χ2n) is 8.01. The van der Waals surface area contributed by atoms with Gasteiger partial charge in [0.1, 0.15) is 0 Å². The molecule has 0 amide bonds. The molecule has 0 radical (unpaired) electrons. The standard InChI is InChI=1S/C30H20BrN/c31-25-8-6-7-23(19-25)21-13-15-22(16-14-21)24-17-18-28-27-11-4-5-12-29(27)32(30(28)20-24)26-9-2-1-3-10-26/h1-20H. The average Bonchev–Trinajstić information content (AvgIpc) is 3.18. The Labute approximate surface area is 195 Å². The summed E-state index contributed by atoms with van der Waals surface area (Å²) in [6.07, 6.45) is 0. The highest BCUT2D eigenvalue weighted by atomic mass is 79.9. The molecule has 0 aliphatic rings. The maximum Gasteiger partial charge on any atom is 0.0547 e. The zero-order valence-corrected chi connectivity index (χ0v) is 19.0. The highest BCUT2D eigenvalue weighted by molar-refractivity contribution is 9.10. The number of hydrogen-bond donors (Lipinski definition) is 0. The van der Waals surface area contributed by atoms with Gasteiger partial charge in [-0.15, -0.1) is 0 Å². The van der Waals surface area contributed by atoms with Gasteiger partial charge in [0.2, 0.25) is 0 Å². The number of para-hydroxylation sites is 2. The third kappa shape index (κ3) is 3.24. The molecule has 0 bridgehead atoms. The van der Waals surface area contributed by atoms with Crippen LogP contribution in [0.3, 0.4) is 0 Å². The number of benzene rings is 5. The summed E-state index contributed by atoms with van der Waals surface area (Å²) in [7, 11) is 0. The van der Waals surface area contributed by atoms with E-state index >= 15 is 0 Å². The summed E-state index contributed by atoms with van der Waals surface area (Å²) < 4.78 is 3.46. The number of fused-ring (bicyclic) bond motifs is 3. The van der Waals surface area contributed by atoms with Crippen molar-refractivity contribution in [3.63, 3.8) is 0 Å². The van der Waals surface area contributed by atoms with E-state index in [9.17, 15) is 0 Å². The molecule has 6 rings (SSSR count). The third-order valence-corrected chi connectivity index (χ3v) is 6.56. The first-order chi connectivity index (χ1) is 15.8. The van der Waals surface area contributed by atoms with Crippen LogP contribution in [0.2, 0.25) is 0 Å². The molecule has 152 valence electrons. The minimum Gasteiger partial charge on any atom is -0.309 e. The average molecular weight is 474 g/mol. The summed E-state index contributed by atoms with van der Waals surface area (Å²) >= 11 is 3.57. The van der Waals surface area contributed by atoms with Gasteiger partial charge < -0.3 is 4.57 Å². The van der Waals surface area contributed by atoms with Crippen LogP contribution in [0.25, 0.3) is 49.7 Å². The van der Waals surface area contributed by atoms with E-state index in [1.54, 1.807) is 0 Å². The first-order valence-electron chi connectivity index (χ1n) is 10.7. The van der Waals surface area contributed by atoms with Gasteiger partial charge >= 0.3 is 0 Å². The topological polar surface area (TPSA) is 4.93 Å². The molecule has 0 fully saturated rings. The number of halogens is 1. The summed E-state index contributed by atoms with van der Waals surface area (Å²) in [5.41, 5.74) is 8.51. The Balaban J connectivity index is 1.50. The Morgan fingerprint density at radius 3 is 1.81 bits per heavy atom. The van der Waals surface area contributed by atoms with Crippen LogP contribution in [0.1, 0.15) is 0 Å². The van der Waals surface area contributed by atoms with Crippen molar-refractivity contribution in [1.29, 1.82) is 0 Å². The number of rotatable bonds is 3. The van der Waals surface area contributed by atoms with Gasteiger partial charge in [-0.05, 0) is 58.7 Å². The summed E-state index contributed by atoms with van der Waals surface area (Å²) in [5.74, 6) is 0. The number of hydrogen-bond acceptors (Lipinski definition) is 0. The quantitative estimate of drug-likeness (QED) is 0.241. The molecule has 1 heterocycles. The van der Waals surface area contributed by atoms with Crippen LogP contribution >= 0.6 is 15.9 Å². The highest BCUT2D eigenvalue weighted by Crippen LogP contribution is 2.35. The van der Waals surface area contributed by atoms with Gasteiger partial charge in [-0.25, -0.2) is 0 Å². The fourth-order valence-corrected chi connectivity index (χ4v) is 4.93. The monoisotopic (exact) mass is 473 g/mol. The lowest BCUT2D eigenvalue weighted by Gasteiger charge is -2.09. The largest absolute Gasteiger partial charge is 0.309 e. The van der Waals surface area contributed by atoms with Crippen molar-refractivity contribution >= 4 is 37.7 Å². The number of aromatic nitrogens is 1. The summed E-state index contributed by atoms with van der Waals surface area (Å²) in [4.78, 5) is 0. The van der Waals surface area contributed by atoms with Crippen molar-refractivity contribution in [2.24, 2.45) is 0 Å². The summed E-state index contributed by atoms with van der Waals surface area (Å²) in [6.45, 7) is 0. The van der Waals surface area contributed by atoms with Gasteiger partial charge in [0, 0.05) is 20.9 Å². The fraction of sp³-hybridized carbons (Fsp3) is 0. The molecule has 0 aliphatic carbocycles. The SMILES string of the molecule is Brc1cccc(-c2ccc(-c3ccc4c5ccccc5n(-c5ccccc5)c4c3)cc2)c1. The van der Waals surface area contributed by atoms with E-state index in [1.165, 1.54) is 49.7 Å². The van der Waals surface area contributed by atoms with Crippen molar-refractivity contribution in [3.05, 3.63) is 126 Å². The third-order valence-electron chi connectivity index (χ3n) is 6.06. The van der Waals surface area contributed by atoms with Crippen LogP contribution in [0, 0.1) is 0 Å². The van der Waals surface area contributed by atoms with Crippen LogP contribution < -0.4 is 0 Å². The predicted octanol–water partition coefficient (Wildman–Crippen LogP) is 8.88. The van der Waals surface area contributed by atoms with Gasteiger partial charge in [0.05, 0.1) is 11.0 Å². The Hall–Kier alpha value is -3.62. The van der Waals surface area contributed by atoms with E-state index in [1.807, 2.05) is 0 Å². The first kappa shape index (κ1) is 19.1. The fourth-order valence-electron chi connectivity index (χ4n) is 4.53. The Morgan fingerprint density at radius 2 is 1.06 bits per heavy atom. The molecule has 0 atom stereocenters. The van der Waals surface area contributed by atoms with Crippen LogP contribution in [0.5, 0.6) is 0 Å². The van der Waals surface area contributed by atoms with Gasteiger partial charge in [0.25, 0.3) is 0 Å². The smallest absolute Gasteiger partial charge is 0.0547 e. The van der Waals surface area contributed by atoms with Crippen molar-refractivity contribution in [3.8, 4) is 27.9 Å². The lowest BCUT2D eigenvalue weighted by molar-refractivity contribution is 1.18. The Morgan fingerprint density at radius 1 is 0.438 bits per heavy atom. The van der Waals surface area contributed by atoms with E-state index in [-0.39, 0.29) is 0 Å². The highest BCUT2D eigenvalue weighted by Gasteiger charge is 2.13. The first-order valence-corrected chi connectivity index (χ1v) is 11.5. The van der Waals surface area contributed by atoms with E-state index in [4.69, 9.17) is 0 Å². The minimum atomic E-state index is 1.10. The zero-order valence-electron chi connectivity index (χ0n) is 17.4. The van der Waals surface area contributed by atoms with Crippen LogP contribution in [0.15, 0.2) is 126 Å². The summed E-state index contributed by atoms with van der Waals surface area (Å²) in [5, 5.41) is 2.56. The lowest BCUT2D eigenvalue weighted by Crippen LogP contribution is -1.93. The van der Waals surface area contributed by atoms with Crippen molar-refractivity contribution < 1.29 is 0 Å². The van der Waals surface area contributed by atoms with E-state index in [0.717, 1.165) is 4.47 Å². The molecule has 0 saturated carbocycles. The maximum atomic E-state index is 3.57. The molecule has 0 unspecified atom stereocenters. The second kappa shape index (κ2) is 7.81. The lowest BCUT2D eigenvalue weighted by atomic mass is 9.99. The molecule has 6 aromatic rings. The Kier molecular flexibility index (Phi) is 4.66. The summed E-state index contributed by atoms with van der Waals surface area (Å²) in [6, 6.07) is 43.3. The molecule has 32 heavy (non-hydrogen) atoms. The van der Waals surface area contributed by atoms with Gasteiger partial charge in [0.15, 0.2) is 0 Å². The molecule has 5 aromatic carbocycles. The van der Waals surface area contributed by atoms with E-state index < -0.39 is 0 Å². The van der Waals surface area contributed by atoms with Crippen LogP contribution in [0.4, 0.5) is 0 Å². The Bertz CT molecular complexity index is 1560. The van der Waals surface area contributed by atoms with E-state index in [2.05, 4.69) is 142 Å². The van der Waals surface area contributed by atoms with Crippen LogP contribution in [-0.4, -0.2) is 4.57 Å². The molecular weight excluding hydrogens is 454 g/mol. The molecular formula is C30H20BrN. The number of nitrogens with zero attached hydrogens (tertiary/aromatic N) is 1. The molecule has 1 nitrogen and oxygen atoms in total. The molecule has 0 N–H and O–H groups in total. The minimum absolute atomic E-state index is 1.10. The van der Waals surface area contributed by atoms with Gasteiger partial charge in [-0.3, -0.25) is 0 Å². The molecule has 0 aliphatic heterocycles. The molecule has 1 aromatic heterocycles. The van der Waals surface area contributed by atoms with Crippen LogP contribution in [-0.2, 0) is 0 Å². The van der Waals surface area contributed by atoms with E-state index in [0.29, 0.717) is 0 Å². The van der Waals surface area contributed by atoms with Gasteiger partial charge in [-0.2, -0.15) is 0 Å². The van der Waals surface area contributed by atoms with Crippen molar-refractivity contribution in [2.75, 3.05) is 0 Å². The zero-order chi connectivity index (χ0) is 21.5. The predicted molar refractivity (Wildman–Crippen MR) is 139 cm³/mol. The molecule has 0 spiro atoms. The van der Waals surface area contributed by atoms with Crippen molar-refractivity contribution in [1.82, 2.24) is 4.57 Å². The van der Waals surface area contributed by atoms with Crippen molar-refractivity contribution in [2.45, 2.75) is 0 Å².